The van der Waals surface area contributed by atoms with Gasteiger partial charge in [0.05, 0.1) is 11.0 Å². The zero-order valence-electron chi connectivity index (χ0n) is 14.5. The first-order valence-corrected chi connectivity index (χ1v) is 8.58. The average molecular weight is 407 g/mol. The molecule has 0 atom stereocenters. The Morgan fingerprint density at radius 3 is 2.43 bits per heavy atom. The quantitative estimate of drug-likeness (QED) is 0.445. The van der Waals surface area contributed by atoms with Gasteiger partial charge < -0.3 is 19.5 Å². The van der Waals surface area contributed by atoms with Crippen LogP contribution in [-0.2, 0) is 16.1 Å². The van der Waals surface area contributed by atoms with E-state index in [0.29, 0.717) is 5.02 Å². The molecule has 0 spiro atoms. The molecule has 0 radical (unpaired) electrons. The van der Waals surface area contributed by atoms with Crippen LogP contribution in [0, 0.1) is 10.1 Å². The minimum absolute atomic E-state index is 0.176. The number of benzene rings is 2. The summed E-state index contributed by atoms with van der Waals surface area (Å²) >= 11 is 5.79. The molecule has 10 heteroatoms. The van der Waals surface area contributed by atoms with Gasteiger partial charge in [0, 0.05) is 17.6 Å². The molecule has 0 fully saturated rings. The number of amides is 1. The van der Waals surface area contributed by atoms with Crippen molar-refractivity contribution < 1.29 is 28.7 Å². The van der Waals surface area contributed by atoms with Gasteiger partial charge in [-0.1, -0.05) is 23.7 Å². The van der Waals surface area contributed by atoms with Crippen molar-refractivity contribution in [3.63, 3.8) is 0 Å². The second kappa shape index (κ2) is 8.57. The Balaban J connectivity index is 1.61. The number of nitrogens with one attached hydrogen (secondary N) is 1. The van der Waals surface area contributed by atoms with Crippen LogP contribution in [-0.4, -0.2) is 36.6 Å². The molecule has 0 bridgehead atoms. The van der Waals surface area contributed by atoms with Crippen LogP contribution >= 0.6 is 11.6 Å². The van der Waals surface area contributed by atoms with Gasteiger partial charge in [-0.25, -0.2) is 4.79 Å². The molecule has 0 aliphatic carbocycles. The number of fused-ring (bicyclic) bond motifs is 1. The number of nitro groups is 1. The van der Waals surface area contributed by atoms with E-state index in [1.165, 1.54) is 6.07 Å². The molecule has 146 valence electrons. The fourth-order valence-electron chi connectivity index (χ4n) is 2.46. The number of nitrogens with zero attached hydrogens (tertiary/aromatic N) is 1. The van der Waals surface area contributed by atoms with Gasteiger partial charge in [0.1, 0.15) is 18.8 Å². The monoisotopic (exact) mass is 406 g/mol. The summed E-state index contributed by atoms with van der Waals surface area (Å²) in [4.78, 5) is 34.7. The number of carbonyl (C=O) groups is 2. The molecule has 1 N–H and O–H groups in total. The highest BCUT2D eigenvalue weighted by Crippen LogP contribution is 2.36. The Morgan fingerprint density at radius 2 is 1.79 bits per heavy atom. The molecule has 3 rings (SSSR count). The normalized spacial score (nSPS) is 12.2. The molecule has 1 heterocycles. The largest absolute Gasteiger partial charge is 0.486 e. The lowest BCUT2D eigenvalue weighted by Gasteiger charge is -2.18. The number of esters is 1. The standard InChI is InChI=1S/C18H15ClN2O7/c19-12-3-1-11(2-4-12)9-20-17(22)10-28-18(23)13-7-15-16(27-6-5-26-15)8-14(13)21(24)25/h1-4,7-8H,5-6,9-10H2,(H,20,22). The summed E-state index contributed by atoms with van der Waals surface area (Å²) in [5, 5.41) is 14.4. The lowest BCUT2D eigenvalue weighted by Crippen LogP contribution is -2.28. The third kappa shape index (κ3) is 4.68. The maximum atomic E-state index is 12.3. The van der Waals surface area contributed by atoms with Crippen LogP contribution in [0.4, 0.5) is 5.69 Å². The van der Waals surface area contributed by atoms with Crippen LogP contribution < -0.4 is 14.8 Å². The van der Waals surface area contributed by atoms with E-state index in [-0.39, 0.29) is 36.8 Å². The average Bonchev–Trinajstić information content (AvgIpc) is 2.70. The van der Waals surface area contributed by atoms with Crippen molar-refractivity contribution in [3.8, 4) is 11.5 Å². The minimum Gasteiger partial charge on any atom is -0.486 e. The third-order valence-corrected chi connectivity index (χ3v) is 4.07. The maximum Gasteiger partial charge on any atom is 0.345 e. The van der Waals surface area contributed by atoms with Crippen LogP contribution in [0.3, 0.4) is 0 Å². The van der Waals surface area contributed by atoms with E-state index < -0.39 is 29.1 Å². The van der Waals surface area contributed by atoms with Crippen LogP contribution in [0.15, 0.2) is 36.4 Å². The van der Waals surface area contributed by atoms with Gasteiger partial charge >= 0.3 is 5.97 Å². The summed E-state index contributed by atoms with van der Waals surface area (Å²) in [5.41, 5.74) is 0.00197. The van der Waals surface area contributed by atoms with Crippen LogP contribution in [0.5, 0.6) is 11.5 Å². The van der Waals surface area contributed by atoms with Gasteiger partial charge in [-0.15, -0.1) is 0 Å². The van der Waals surface area contributed by atoms with Crippen molar-refractivity contribution in [2.24, 2.45) is 0 Å². The van der Waals surface area contributed by atoms with Gasteiger partial charge in [-0.05, 0) is 17.7 Å². The van der Waals surface area contributed by atoms with Gasteiger partial charge in [0.2, 0.25) is 0 Å². The van der Waals surface area contributed by atoms with Gasteiger partial charge in [-0.2, -0.15) is 0 Å². The Labute approximate surface area is 164 Å². The highest BCUT2D eigenvalue weighted by Gasteiger charge is 2.27. The number of ether oxygens (including phenoxy) is 3. The molecule has 0 saturated heterocycles. The zero-order chi connectivity index (χ0) is 20.1. The first kappa shape index (κ1) is 19.4. The van der Waals surface area contributed by atoms with E-state index in [4.69, 9.17) is 25.8 Å². The van der Waals surface area contributed by atoms with E-state index in [9.17, 15) is 19.7 Å². The molecule has 0 unspecified atom stereocenters. The Morgan fingerprint density at radius 1 is 1.14 bits per heavy atom. The first-order chi connectivity index (χ1) is 13.4. The van der Waals surface area contributed by atoms with E-state index in [2.05, 4.69) is 5.32 Å². The molecule has 0 saturated carbocycles. The second-order valence-electron chi connectivity index (χ2n) is 5.75. The van der Waals surface area contributed by atoms with Crippen molar-refractivity contribution >= 4 is 29.2 Å². The molecule has 1 aliphatic heterocycles. The highest BCUT2D eigenvalue weighted by atomic mass is 35.5. The minimum atomic E-state index is -1.01. The zero-order valence-corrected chi connectivity index (χ0v) is 15.2. The predicted octanol–water partition coefficient (Wildman–Crippen LogP) is 2.49. The summed E-state index contributed by atoms with van der Waals surface area (Å²) in [6.45, 7) is 0.143. The highest BCUT2D eigenvalue weighted by molar-refractivity contribution is 6.30. The van der Waals surface area contributed by atoms with Gasteiger partial charge in [0.25, 0.3) is 11.6 Å². The van der Waals surface area contributed by atoms with Crippen LogP contribution in [0.25, 0.3) is 0 Å². The van der Waals surface area contributed by atoms with Crippen LogP contribution in [0.2, 0.25) is 5.02 Å². The van der Waals surface area contributed by atoms with E-state index in [1.807, 2.05) is 0 Å². The molecule has 9 nitrogen and oxygen atoms in total. The maximum absolute atomic E-state index is 12.3. The predicted molar refractivity (Wildman–Crippen MR) is 97.7 cm³/mol. The molecule has 28 heavy (non-hydrogen) atoms. The molecule has 2 aromatic rings. The molecule has 0 aromatic heterocycles. The number of nitro benzene ring substituents is 1. The first-order valence-electron chi connectivity index (χ1n) is 8.20. The number of hydrogen-bond donors (Lipinski definition) is 1. The summed E-state index contributed by atoms with van der Waals surface area (Å²) in [6.07, 6.45) is 0. The van der Waals surface area contributed by atoms with E-state index in [1.54, 1.807) is 24.3 Å². The third-order valence-electron chi connectivity index (χ3n) is 3.81. The molecular weight excluding hydrogens is 392 g/mol. The van der Waals surface area contributed by atoms with Gasteiger partial charge in [0.15, 0.2) is 18.1 Å². The number of carbonyl (C=O) groups excluding carboxylic acids is 2. The van der Waals surface area contributed by atoms with Crippen molar-refractivity contribution in [2.75, 3.05) is 19.8 Å². The number of rotatable bonds is 6. The topological polar surface area (TPSA) is 117 Å². The van der Waals surface area contributed by atoms with Crippen LogP contribution in [0.1, 0.15) is 15.9 Å². The summed E-state index contributed by atoms with van der Waals surface area (Å²) in [7, 11) is 0. The van der Waals surface area contributed by atoms with E-state index in [0.717, 1.165) is 11.6 Å². The summed E-state index contributed by atoms with van der Waals surface area (Å²) < 4.78 is 15.5. The Hall–Kier alpha value is -3.33. The van der Waals surface area contributed by atoms with Crippen molar-refractivity contribution in [1.29, 1.82) is 0 Å². The Kier molecular flexibility index (Phi) is 5.95. The second-order valence-corrected chi connectivity index (χ2v) is 6.19. The SMILES string of the molecule is O=C(COC(=O)c1cc2c(cc1[N+](=O)[O-])OCCO2)NCc1ccc(Cl)cc1. The van der Waals surface area contributed by atoms with Crippen molar-refractivity contribution in [1.82, 2.24) is 5.32 Å². The van der Waals surface area contributed by atoms with Gasteiger partial charge in [-0.3, -0.25) is 14.9 Å². The summed E-state index contributed by atoms with van der Waals surface area (Å²) in [5.74, 6) is -1.18. The van der Waals surface area contributed by atoms with E-state index >= 15 is 0 Å². The fourth-order valence-corrected chi connectivity index (χ4v) is 2.58. The van der Waals surface area contributed by atoms with Crippen molar-refractivity contribution in [2.45, 2.75) is 6.54 Å². The molecule has 1 amide bonds. The van der Waals surface area contributed by atoms with Crippen molar-refractivity contribution in [3.05, 3.63) is 62.7 Å². The molecular formula is C18H15ClN2O7. The Bertz CT molecular complexity index is 915. The lowest BCUT2D eigenvalue weighted by atomic mass is 10.1. The smallest absolute Gasteiger partial charge is 0.345 e. The number of halogens is 1. The molecule has 1 aliphatic rings. The fraction of sp³-hybridized carbons (Fsp3) is 0.222. The summed E-state index contributed by atoms with van der Waals surface area (Å²) in [6, 6.07) is 9.14. The number of hydrogen-bond acceptors (Lipinski definition) is 7. The molecule has 2 aromatic carbocycles. The lowest BCUT2D eigenvalue weighted by molar-refractivity contribution is -0.385.